The molecule has 0 radical (unpaired) electrons. The van der Waals surface area contributed by atoms with E-state index in [1.807, 2.05) is 32.9 Å². The van der Waals surface area contributed by atoms with Crippen molar-refractivity contribution in [2.45, 2.75) is 45.0 Å². The van der Waals surface area contributed by atoms with Crippen LogP contribution in [-0.4, -0.2) is 26.3 Å². The van der Waals surface area contributed by atoms with Gasteiger partial charge in [0.2, 0.25) is 5.91 Å². The van der Waals surface area contributed by atoms with Crippen molar-refractivity contribution in [1.82, 2.24) is 15.2 Å². The zero-order valence-electron chi connectivity index (χ0n) is 13.9. The van der Waals surface area contributed by atoms with Crippen molar-refractivity contribution in [3.05, 3.63) is 44.9 Å². The van der Waals surface area contributed by atoms with E-state index in [0.29, 0.717) is 10.9 Å². The van der Waals surface area contributed by atoms with Crippen LogP contribution < -0.4 is 10.9 Å². The van der Waals surface area contributed by atoms with Gasteiger partial charge >= 0.3 is 0 Å². The number of nitrogens with zero attached hydrogens (tertiary/aromatic N) is 2. The summed E-state index contributed by atoms with van der Waals surface area (Å²) in [6.07, 6.45) is 0. The minimum atomic E-state index is -0.414. The summed E-state index contributed by atoms with van der Waals surface area (Å²) in [5.74, 6) is -0.145. The lowest BCUT2D eigenvalue weighted by atomic mass is 10.1. The topological polar surface area (TPSA) is 87.7 Å². The Hall–Kier alpha value is -2.15. The zero-order chi connectivity index (χ0) is 17.1. The smallest absolute Gasteiger partial charge is 0.273 e. The molecule has 0 spiro atoms. The molecule has 0 aliphatic carbocycles. The van der Waals surface area contributed by atoms with E-state index in [-0.39, 0.29) is 11.5 Å². The number of carbonyl (C=O) groups excluding carboxylic acids is 1. The third-order valence-electron chi connectivity index (χ3n) is 3.42. The summed E-state index contributed by atoms with van der Waals surface area (Å²) >= 11 is 1.17. The van der Waals surface area contributed by atoms with Gasteiger partial charge in [0.25, 0.3) is 5.56 Å². The highest BCUT2D eigenvalue weighted by Gasteiger charge is 2.18. The number of thioether (sulfide) groups is 1. The lowest BCUT2D eigenvalue weighted by molar-refractivity contribution is -0.115. The van der Waals surface area contributed by atoms with E-state index < -0.39 is 5.25 Å². The Kier molecular flexibility index (Phi) is 5.20. The van der Waals surface area contributed by atoms with E-state index in [4.69, 9.17) is 0 Å². The van der Waals surface area contributed by atoms with Crippen molar-refractivity contribution >= 4 is 23.4 Å². The molecule has 0 bridgehead atoms. The van der Waals surface area contributed by atoms with Crippen molar-refractivity contribution in [3.63, 3.8) is 0 Å². The largest absolute Gasteiger partial charge is 0.325 e. The Morgan fingerprint density at radius 3 is 2.35 bits per heavy atom. The molecule has 2 rings (SSSR count). The highest BCUT2D eigenvalue weighted by atomic mass is 32.2. The number of amides is 1. The summed E-state index contributed by atoms with van der Waals surface area (Å²) in [6, 6.07) is 4.06. The van der Waals surface area contributed by atoms with Crippen LogP contribution in [0, 0.1) is 27.7 Å². The second-order valence-corrected chi connectivity index (χ2v) is 6.90. The number of hydrogen-bond acceptors (Lipinski definition) is 5. The monoisotopic (exact) mass is 332 g/mol. The Morgan fingerprint density at radius 2 is 1.78 bits per heavy atom. The number of H-pyrrole nitrogens is 1. The number of aromatic amines is 1. The van der Waals surface area contributed by atoms with Gasteiger partial charge < -0.3 is 5.32 Å². The van der Waals surface area contributed by atoms with Crippen LogP contribution in [0.3, 0.4) is 0 Å². The van der Waals surface area contributed by atoms with Crippen molar-refractivity contribution < 1.29 is 4.79 Å². The molecule has 1 heterocycles. The third kappa shape index (κ3) is 4.19. The van der Waals surface area contributed by atoms with E-state index in [9.17, 15) is 9.59 Å². The van der Waals surface area contributed by atoms with Gasteiger partial charge in [0.15, 0.2) is 5.16 Å². The number of nitrogens with one attached hydrogen (secondary N) is 2. The van der Waals surface area contributed by atoms with Gasteiger partial charge in [-0.1, -0.05) is 29.5 Å². The Morgan fingerprint density at radius 1 is 1.17 bits per heavy atom. The molecule has 0 aliphatic heterocycles. The molecule has 1 aromatic heterocycles. The number of aryl methyl sites for hydroxylation is 4. The summed E-state index contributed by atoms with van der Waals surface area (Å²) in [5, 5.41) is 10.5. The van der Waals surface area contributed by atoms with E-state index in [1.165, 1.54) is 11.8 Å². The number of anilines is 1. The first kappa shape index (κ1) is 17.2. The second kappa shape index (κ2) is 6.95. The summed E-state index contributed by atoms with van der Waals surface area (Å²) in [5.41, 5.74) is 4.05. The molecule has 1 aromatic carbocycles. The van der Waals surface area contributed by atoms with Crippen molar-refractivity contribution in [2.75, 3.05) is 5.32 Å². The van der Waals surface area contributed by atoms with Gasteiger partial charge in [-0.15, -0.1) is 10.2 Å². The number of rotatable bonds is 4. The van der Waals surface area contributed by atoms with E-state index in [2.05, 4.69) is 20.5 Å². The molecule has 0 saturated carbocycles. The number of carbonyl (C=O) groups is 1. The van der Waals surface area contributed by atoms with Crippen LogP contribution in [0.2, 0.25) is 0 Å². The van der Waals surface area contributed by atoms with Crippen molar-refractivity contribution in [2.24, 2.45) is 0 Å². The second-order valence-electron chi connectivity index (χ2n) is 5.57. The first-order valence-corrected chi connectivity index (χ1v) is 8.15. The van der Waals surface area contributed by atoms with Crippen LogP contribution >= 0.6 is 11.8 Å². The maximum Gasteiger partial charge on any atom is 0.273 e. The van der Waals surface area contributed by atoms with E-state index in [0.717, 1.165) is 22.4 Å². The lowest BCUT2D eigenvalue weighted by Crippen LogP contribution is -2.24. The fourth-order valence-corrected chi connectivity index (χ4v) is 2.99. The van der Waals surface area contributed by atoms with Crippen LogP contribution in [0.1, 0.15) is 29.3 Å². The Bertz CT molecular complexity index is 778. The first-order chi connectivity index (χ1) is 10.8. The van der Waals surface area contributed by atoms with Gasteiger partial charge in [0, 0.05) is 5.69 Å². The van der Waals surface area contributed by atoms with Crippen LogP contribution in [0.25, 0.3) is 0 Å². The third-order valence-corrected chi connectivity index (χ3v) is 4.40. The van der Waals surface area contributed by atoms with Crippen LogP contribution in [0.5, 0.6) is 0 Å². The molecule has 1 atom stereocenters. The van der Waals surface area contributed by atoms with Gasteiger partial charge in [0.05, 0.1) is 5.25 Å². The van der Waals surface area contributed by atoms with Crippen LogP contribution in [-0.2, 0) is 4.79 Å². The number of aromatic nitrogens is 3. The summed E-state index contributed by atoms with van der Waals surface area (Å²) in [6.45, 7) is 9.31. The molecule has 0 unspecified atom stereocenters. The zero-order valence-corrected chi connectivity index (χ0v) is 14.7. The molecule has 0 aliphatic rings. The molecule has 6 nitrogen and oxygen atoms in total. The average molecular weight is 332 g/mol. The van der Waals surface area contributed by atoms with Crippen molar-refractivity contribution in [3.8, 4) is 0 Å². The fraction of sp³-hybridized carbons (Fsp3) is 0.375. The lowest BCUT2D eigenvalue weighted by Gasteiger charge is -2.15. The van der Waals surface area contributed by atoms with Crippen LogP contribution in [0.15, 0.2) is 22.1 Å². The maximum absolute atomic E-state index is 12.4. The molecule has 122 valence electrons. The predicted molar refractivity (Wildman–Crippen MR) is 92.0 cm³/mol. The van der Waals surface area contributed by atoms with Gasteiger partial charge in [-0.2, -0.15) is 0 Å². The van der Waals surface area contributed by atoms with E-state index >= 15 is 0 Å². The minimum Gasteiger partial charge on any atom is -0.325 e. The highest BCUT2D eigenvalue weighted by Crippen LogP contribution is 2.24. The molecule has 2 aromatic rings. The molecular weight excluding hydrogens is 312 g/mol. The number of benzene rings is 1. The van der Waals surface area contributed by atoms with E-state index in [1.54, 1.807) is 13.8 Å². The normalized spacial score (nSPS) is 12.0. The number of hydrogen-bond donors (Lipinski definition) is 2. The predicted octanol–water partition coefficient (Wildman–Crippen LogP) is 2.52. The van der Waals surface area contributed by atoms with Gasteiger partial charge in [-0.3, -0.25) is 14.6 Å². The first-order valence-electron chi connectivity index (χ1n) is 7.27. The maximum atomic E-state index is 12.4. The summed E-state index contributed by atoms with van der Waals surface area (Å²) in [4.78, 5) is 26.5. The molecule has 7 heteroatoms. The average Bonchev–Trinajstić information content (AvgIpc) is 2.46. The summed E-state index contributed by atoms with van der Waals surface area (Å²) < 4.78 is 0. The van der Waals surface area contributed by atoms with Crippen LogP contribution in [0.4, 0.5) is 5.69 Å². The molecule has 1 amide bonds. The minimum absolute atomic E-state index is 0.145. The van der Waals surface area contributed by atoms with Gasteiger partial charge in [0.1, 0.15) is 5.69 Å². The molecule has 23 heavy (non-hydrogen) atoms. The Balaban J connectivity index is 2.11. The SMILES string of the molecule is Cc1cc(C)c(NC(=O)[C@H](C)Sc2nnc(C)c(=O)[nH]2)c(C)c1. The fourth-order valence-electron chi connectivity index (χ4n) is 2.25. The molecule has 0 saturated heterocycles. The van der Waals surface area contributed by atoms with Gasteiger partial charge in [-0.05, 0) is 45.7 Å². The Labute approximate surface area is 139 Å². The molecule has 0 fully saturated rings. The van der Waals surface area contributed by atoms with Crippen molar-refractivity contribution in [1.29, 1.82) is 0 Å². The standard InChI is InChI=1S/C16H20N4O2S/c1-8-6-9(2)13(10(3)7-8)17-15(22)12(5)23-16-18-14(21)11(4)19-20-16/h6-7,12H,1-5H3,(H,17,22)(H,18,20,21)/t12-/m0/s1. The molecule has 2 N–H and O–H groups in total. The summed E-state index contributed by atoms with van der Waals surface area (Å²) in [7, 11) is 0. The molecular formula is C16H20N4O2S. The highest BCUT2D eigenvalue weighted by molar-refractivity contribution is 8.00. The van der Waals surface area contributed by atoms with Gasteiger partial charge in [-0.25, -0.2) is 0 Å². The quantitative estimate of drug-likeness (QED) is 0.840.